The molecule has 0 radical (unpaired) electrons. The van der Waals surface area contributed by atoms with Gasteiger partial charge in [-0.15, -0.1) is 0 Å². The molecule has 144 valence electrons. The zero-order chi connectivity index (χ0) is 19.8. The first-order chi connectivity index (χ1) is 13.4. The van der Waals surface area contributed by atoms with E-state index in [4.69, 9.17) is 11.6 Å². The molecular weight excluding hydrogens is 372 g/mol. The molecule has 0 saturated heterocycles. The van der Waals surface area contributed by atoms with Crippen LogP contribution in [-0.2, 0) is 0 Å². The molecule has 1 atom stereocenters. The summed E-state index contributed by atoms with van der Waals surface area (Å²) < 4.78 is 1.79. The number of carbonyl (C=O) groups is 1. The van der Waals surface area contributed by atoms with Crippen molar-refractivity contribution in [3.63, 3.8) is 0 Å². The molecule has 28 heavy (non-hydrogen) atoms. The second kappa shape index (κ2) is 7.40. The van der Waals surface area contributed by atoms with Crippen LogP contribution < -0.4 is 0 Å². The molecule has 0 N–H and O–H groups in total. The molecule has 1 unspecified atom stereocenters. The molecule has 1 aliphatic rings. The first-order valence-electron chi connectivity index (χ1n) is 9.52. The summed E-state index contributed by atoms with van der Waals surface area (Å²) in [7, 11) is 0. The number of aromatic nitrogens is 3. The number of halogens is 1. The van der Waals surface area contributed by atoms with E-state index < -0.39 is 0 Å². The lowest BCUT2D eigenvalue weighted by molar-refractivity contribution is 0.0673. The first kappa shape index (κ1) is 18.7. The highest BCUT2D eigenvalue weighted by Gasteiger charge is 2.36. The van der Waals surface area contributed by atoms with Crippen molar-refractivity contribution in [3.8, 4) is 5.82 Å². The van der Waals surface area contributed by atoms with Crippen molar-refractivity contribution >= 4 is 17.5 Å². The summed E-state index contributed by atoms with van der Waals surface area (Å²) in [6.07, 6.45) is 3.74. The first-order valence-corrected chi connectivity index (χ1v) is 9.89. The average Bonchev–Trinajstić information content (AvgIpc) is 3.45. The highest BCUT2D eigenvalue weighted by Crippen LogP contribution is 2.35. The third-order valence-corrected chi connectivity index (χ3v) is 5.42. The van der Waals surface area contributed by atoms with Crippen LogP contribution in [0, 0.1) is 13.8 Å². The molecule has 1 saturated carbocycles. The lowest BCUT2D eigenvalue weighted by Gasteiger charge is -2.30. The Morgan fingerprint density at radius 2 is 1.89 bits per heavy atom. The van der Waals surface area contributed by atoms with E-state index in [1.807, 2.05) is 61.2 Å². The van der Waals surface area contributed by atoms with E-state index in [1.54, 1.807) is 10.9 Å². The van der Waals surface area contributed by atoms with Gasteiger partial charge in [0.25, 0.3) is 5.91 Å². The monoisotopic (exact) mass is 394 g/mol. The molecule has 2 aromatic heterocycles. The summed E-state index contributed by atoms with van der Waals surface area (Å²) in [6, 6.07) is 13.7. The van der Waals surface area contributed by atoms with Gasteiger partial charge in [-0.25, -0.2) is 9.67 Å². The van der Waals surface area contributed by atoms with Crippen LogP contribution in [0.1, 0.15) is 53.1 Å². The van der Waals surface area contributed by atoms with Crippen LogP contribution >= 0.6 is 11.6 Å². The van der Waals surface area contributed by atoms with Crippen LogP contribution in [0.2, 0.25) is 5.02 Å². The molecule has 1 aliphatic carbocycles. The number of hydrogen-bond donors (Lipinski definition) is 0. The normalized spacial score (nSPS) is 14.7. The van der Waals surface area contributed by atoms with Crippen molar-refractivity contribution in [3.05, 3.63) is 76.2 Å². The fourth-order valence-corrected chi connectivity index (χ4v) is 3.69. The molecule has 1 amide bonds. The van der Waals surface area contributed by atoms with E-state index in [-0.39, 0.29) is 18.0 Å². The van der Waals surface area contributed by atoms with Gasteiger partial charge in [-0.1, -0.05) is 23.7 Å². The molecule has 1 aromatic carbocycles. The van der Waals surface area contributed by atoms with Gasteiger partial charge in [0.1, 0.15) is 0 Å². The summed E-state index contributed by atoms with van der Waals surface area (Å²) in [5.74, 6) is 0.725. The maximum atomic E-state index is 13.3. The molecule has 0 spiro atoms. The number of rotatable bonds is 5. The number of aryl methyl sites for hydroxylation is 2. The standard InChI is InChI=1S/C22H23ClN4O/c1-14-12-15(2)27(25-14)21-11-6-18(13-24-21)22(28)26(20-9-10-20)16(3)17-4-7-19(23)8-5-17/h4-8,11-13,16,20H,9-10H2,1-3H3. The summed E-state index contributed by atoms with van der Waals surface area (Å²) in [4.78, 5) is 19.7. The van der Waals surface area contributed by atoms with Crippen LogP contribution in [0.25, 0.3) is 5.82 Å². The summed E-state index contributed by atoms with van der Waals surface area (Å²) in [6.45, 7) is 6.01. The maximum absolute atomic E-state index is 13.3. The lowest BCUT2D eigenvalue weighted by atomic mass is 10.1. The van der Waals surface area contributed by atoms with E-state index in [1.165, 1.54) is 0 Å². The highest BCUT2D eigenvalue weighted by molar-refractivity contribution is 6.30. The van der Waals surface area contributed by atoms with Gasteiger partial charge >= 0.3 is 0 Å². The zero-order valence-corrected chi connectivity index (χ0v) is 17.0. The Bertz CT molecular complexity index is 990. The lowest BCUT2D eigenvalue weighted by Crippen LogP contribution is -2.35. The number of benzene rings is 1. The molecule has 1 fully saturated rings. The fourth-order valence-electron chi connectivity index (χ4n) is 3.56. The average molecular weight is 395 g/mol. The van der Waals surface area contributed by atoms with Gasteiger partial charge in [-0.3, -0.25) is 4.79 Å². The summed E-state index contributed by atoms with van der Waals surface area (Å²) >= 11 is 6.01. The SMILES string of the molecule is Cc1cc(C)n(-c2ccc(C(=O)N(C3CC3)C(C)c3ccc(Cl)cc3)cn2)n1. The third-order valence-electron chi connectivity index (χ3n) is 5.17. The largest absolute Gasteiger partial charge is 0.329 e. The van der Waals surface area contributed by atoms with E-state index in [0.717, 1.165) is 29.8 Å². The van der Waals surface area contributed by atoms with Gasteiger partial charge in [0.05, 0.1) is 17.3 Å². The van der Waals surface area contributed by atoms with Crippen molar-refractivity contribution in [1.82, 2.24) is 19.7 Å². The Balaban J connectivity index is 1.59. The van der Waals surface area contributed by atoms with Crippen LogP contribution in [0.5, 0.6) is 0 Å². The van der Waals surface area contributed by atoms with Crippen molar-refractivity contribution in [2.75, 3.05) is 0 Å². The number of nitrogens with zero attached hydrogens (tertiary/aromatic N) is 4. The Kier molecular flexibility index (Phi) is 4.94. The predicted octanol–water partition coefficient (Wildman–Crippen LogP) is 4.90. The molecule has 6 heteroatoms. The second-order valence-corrected chi connectivity index (χ2v) is 7.85. The Morgan fingerprint density at radius 1 is 1.18 bits per heavy atom. The number of carbonyl (C=O) groups excluding carboxylic acids is 1. The molecular formula is C22H23ClN4O. The van der Waals surface area contributed by atoms with Gasteiger partial charge in [0.15, 0.2) is 5.82 Å². The van der Waals surface area contributed by atoms with Crippen molar-refractivity contribution in [2.24, 2.45) is 0 Å². The quantitative estimate of drug-likeness (QED) is 0.618. The number of hydrogen-bond acceptors (Lipinski definition) is 3. The van der Waals surface area contributed by atoms with E-state index >= 15 is 0 Å². The summed E-state index contributed by atoms with van der Waals surface area (Å²) in [5, 5.41) is 5.15. The highest BCUT2D eigenvalue weighted by atomic mass is 35.5. The van der Waals surface area contributed by atoms with E-state index in [9.17, 15) is 4.79 Å². The topological polar surface area (TPSA) is 51.0 Å². The molecule has 0 aliphatic heterocycles. The minimum absolute atomic E-state index is 0.0115. The fraction of sp³-hybridized carbons (Fsp3) is 0.318. The smallest absolute Gasteiger partial charge is 0.256 e. The van der Waals surface area contributed by atoms with Crippen LogP contribution in [0.4, 0.5) is 0 Å². The minimum Gasteiger partial charge on any atom is -0.329 e. The third kappa shape index (κ3) is 3.67. The minimum atomic E-state index is -0.0204. The van der Waals surface area contributed by atoms with E-state index in [0.29, 0.717) is 16.4 Å². The van der Waals surface area contributed by atoms with Gasteiger partial charge in [0, 0.05) is 23.0 Å². The van der Waals surface area contributed by atoms with Gasteiger partial charge in [-0.05, 0) is 69.5 Å². The predicted molar refractivity (Wildman–Crippen MR) is 110 cm³/mol. The molecule has 2 heterocycles. The van der Waals surface area contributed by atoms with Crippen molar-refractivity contribution < 1.29 is 4.79 Å². The van der Waals surface area contributed by atoms with Crippen LogP contribution in [0.3, 0.4) is 0 Å². The Hall–Kier alpha value is -2.66. The van der Waals surface area contributed by atoms with E-state index in [2.05, 4.69) is 17.0 Å². The van der Waals surface area contributed by atoms with Crippen LogP contribution in [-0.4, -0.2) is 31.6 Å². The Morgan fingerprint density at radius 3 is 2.43 bits per heavy atom. The number of amides is 1. The van der Waals surface area contributed by atoms with Crippen molar-refractivity contribution in [1.29, 1.82) is 0 Å². The van der Waals surface area contributed by atoms with Gasteiger partial charge in [0.2, 0.25) is 0 Å². The Labute approximate surface area is 170 Å². The second-order valence-electron chi connectivity index (χ2n) is 7.42. The number of pyridine rings is 1. The maximum Gasteiger partial charge on any atom is 0.256 e. The van der Waals surface area contributed by atoms with Gasteiger partial charge in [-0.2, -0.15) is 5.10 Å². The van der Waals surface area contributed by atoms with Crippen LogP contribution in [0.15, 0.2) is 48.7 Å². The van der Waals surface area contributed by atoms with Crippen molar-refractivity contribution in [2.45, 2.75) is 45.7 Å². The molecule has 5 nitrogen and oxygen atoms in total. The zero-order valence-electron chi connectivity index (χ0n) is 16.3. The molecule has 4 rings (SSSR count). The summed E-state index contributed by atoms with van der Waals surface area (Å²) in [5.41, 5.74) is 3.63. The molecule has 0 bridgehead atoms. The van der Waals surface area contributed by atoms with Gasteiger partial charge < -0.3 is 4.90 Å². The molecule has 3 aromatic rings.